The van der Waals surface area contributed by atoms with Gasteiger partial charge in [-0.1, -0.05) is 12.0 Å². The number of fused-ring (bicyclic) bond motifs is 1. The van der Waals surface area contributed by atoms with E-state index in [1.807, 2.05) is 11.5 Å². The van der Waals surface area contributed by atoms with Crippen LogP contribution in [0.2, 0.25) is 0 Å². The molecule has 3 aromatic heterocycles. The van der Waals surface area contributed by atoms with Crippen molar-refractivity contribution in [1.82, 2.24) is 19.5 Å². The van der Waals surface area contributed by atoms with Gasteiger partial charge in [-0.15, -0.1) is 0 Å². The molecule has 5 N–H and O–H groups in total. The fourth-order valence-corrected chi connectivity index (χ4v) is 3.40. The number of nitrogens with zero attached hydrogens (tertiary/aromatic N) is 4. The number of anilines is 1. The number of ether oxygens (including phenoxy) is 1. The Bertz CT molecular complexity index is 1090. The monoisotopic (exact) mass is 397 g/mol. The van der Waals surface area contributed by atoms with Crippen molar-refractivity contribution in [3.8, 4) is 11.8 Å². The van der Waals surface area contributed by atoms with Crippen LogP contribution in [0.15, 0.2) is 36.9 Å². The van der Waals surface area contributed by atoms with Gasteiger partial charge in [0.1, 0.15) is 35.5 Å². The van der Waals surface area contributed by atoms with E-state index in [4.69, 9.17) is 4.74 Å². The fraction of sp³-hybridized carbons (Fsp3) is 0.316. The molecule has 0 amide bonds. The van der Waals surface area contributed by atoms with Crippen molar-refractivity contribution in [2.45, 2.75) is 31.0 Å². The molecule has 29 heavy (non-hydrogen) atoms. The zero-order chi connectivity index (χ0) is 20.6. The van der Waals surface area contributed by atoms with Gasteiger partial charge in [-0.05, 0) is 25.0 Å². The summed E-state index contributed by atoms with van der Waals surface area (Å²) in [4.78, 5) is 12.4. The second-order valence-corrected chi connectivity index (χ2v) is 6.83. The van der Waals surface area contributed by atoms with Crippen LogP contribution in [0.25, 0.3) is 11.0 Å². The van der Waals surface area contributed by atoms with Gasteiger partial charge >= 0.3 is 0 Å². The molecule has 4 unspecified atom stereocenters. The van der Waals surface area contributed by atoms with Gasteiger partial charge in [0.05, 0.1) is 17.6 Å². The quantitative estimate of drug-likeness (QED) is 0.305. The lowest BCUT2D eigenvalue weighted by atomic mass is 9.96. The van der Waals surface area contributed by atoms with Crippen LogP contribution in [-0.4, -0.2) is 64.5 Å². The summed E-state index contributed by atoms with van der Waals surface area (Å²) in [5, 5.41) is 40.5. The molecule has 3 aromatic rings. The first-order chi connectivity index (χ1) is 14.0. The maximum atomic E-state index is 10.8. The van der Waals surface area contributed by atoms with Crippen molar-refractivity contribution >= 4 is 16.9 Å². The number of pyridine rings is 1. The van der Waals surface area contributed by atoms with Gasteiger partial charge in [0, 0.05) is 12.4 Å². The molecule has 0 aromatic carbocycles. The van der Waals surface area contributed by atoms with Gasteiger partial charge < -0.3 is 24.6 Å². The molecule has 4 atom stereocenters. The van der Waals surface area contributed by atoms with E-state index in [0.717, 1.165) is 0 Å². The number of hydrogen-bond acceptors (Lipinski definition) is 9. The minimum Gasteiger partial charge on any atom is -0.394 e. The van der Waals surface area contributed by atoms with E-state index in [1.54, 1.807) is 24.5 Å². The fourth-order valence-electron chi connectivity index (χ4n) is 3.40. The third-order valence-corrected chi connectivity index (χ3v) is 4.89. The van der Waals surface area contributed by atoms with E-state index in [2.05, 4.69) is 26.8 Å². The Morgan fingerprint density at radius 2 is 2.10 bits per heavy atom. The van der Waals surface area contributed by atoms with Crippen molar-refractivity contribution in [2.24, 2.45) is 0 Å². The van der Waals surface area contributed by atoms with Crippen LogP contribution in [0.3, 0.4) is 0 Å². The Kier molecular flexibility index (Phi) is 4.91. The van der Waals surface area contributed by atoms with Crippen LogP contribution in [0.5, 0.6) is 0 Å². The number of rotatable bonds is 3. The molecule has 4 rings (SSSR count). The zero-order valence-corrected chi connectivity index (χ0v) is 15.4. The SMILES string of the molecule is CC1(O)C(O)C(CO)OC1n1cc(C#Cc2ccccn2)c2c(NO)ncnc21. The summed E-state index contributed by atoms with van der Waals surface area (Å²) in [6.45, 7) is 0.952. The first kappa shape index (κ1) is 19.3. The molecule has 10 heteroatoms. The molecule has 0 bridgehead atoms. The van der Waals surface area contributed by atoms with Gasteiger partial charge in [0.15, 0.2) is 12.0 Å². The summed E-state index contributed by atoms with van der Waals surface area (Å²) < 4.78 is 7.19. The Balaban J connectivity index is 1.88. The minimum atomic E-state index is -1.71. The molecular formula is C19H19N5O5. The van der Waals surface area contributed by atoms with E-state index in [0.29, 0.717) is 22.3 Å². The van der Waals surface area contributed by atoms with Gasteiger partial charge in [-0.25, -0.2) is 15.0 Å². The lowest BCUT2D eigenvalue weighted by Crippen LogP contribution is -2.44. The summed E-state index contributed by atoms with van der Waals surface area (Å²) in [6, 6.07) is 5.34. The Labute approximate surface area is 165 Å². The molecule has 4 heterocycles. The molecule has 150 valence electrons. The predicted octanol–water partition coefficient (Wildman–Crippen LogP) is 0.0288. The highest BCUT2D eigenvalue weighted by Gasteiger charge is 2.53. The molecule has 1 fully saturated rings. The van der Waals surface area contributed by atoms with Crippen molar-refractivity contribution < 1.29 is 25.3 Å². The van der Waals surface area contributed by atoms with E-state index in [9.17, 15) is 20.5 Å². The standard InChI is InChI=1S/C19H19N5O5/c1-19(27)15(26)13(9-25)29-18(19)24-8-11(5-6-12-4-2-3-7-20-12)14-16(23-28)21-10-22-17(14)24/h2-4,7-8,10,13,15,18,25-28H,9H2,1H3,(H,21,22,23). The average Bonchev–Trinajstić information content (AvgIpc) is 3.21. The molecule has 0 aliphatic carbocycles. The van der Waals surface area contributed by atoms with Gasteiger partial charge in [0.2, 0.25) is 0 Å². The lowest BCUT2D eigenvalue weighted by molar-refractivity contribution is -0.0948. The summed E-state index contributed by atoms with van der Waals surface area (Å²) in [7, 11) is 0. The van der Waals surface area contributed by atoms with Crippen molar-refractivity contribution in [3.05, 3.63) is 48.2 Å². The molecule has 1 aliphatic rings. The summed E-state index contributed by atoms with van der Waals surface area (Å²) in [6.07, 6.45) is 1.11. The molecule has 0 spiro atoms. The second kappa shape index (κ2) is 7.40. The van der Waals surface area contributed by atoms with Crippen LogP contribution in [0, 0.1) is 11.8 Å². The number of aliphatic hydroxyl groups is 3. The Morgan fingerprint density at radius 1 is 1.28 bits per heavy atom. The lowest BCUT2D eigenvalue weighted by Gasteiger charge is -2.27. The van der Waals surface area contributed by atoms with Crippen LogP contribution >= 0.6 is 0 Å². The predicted molar refractivity (Wildman–Crippen MR) is 101 cm³/mol. The van der Waals surface area contributed by atoms with Crippen LogP contribution in [0.1, 0.15) is 24.4 Å². The Morgan fingerprint density at radius 3 is 2.76 bits per heavy atom. The van der Waals surface area contributed by atoms with Crippen molar-refractivity contribution in [3.63, 3.8) is 0 Å². The Hall–Kier alpha value is -3.07. The topological polar surface area (TPSA) is 146 Å². The molecule has 1 saturated heterocycles. The summed E-state index contributed by atoms with van der Waals surface area (Å²) >= 11 is 0. The molecule has 10 nitrogen and oxygen atoms in total. The normalized spacial score (nSPS) is 26.3. The van der Waals surface area contributed by atoms with Crippen LogP contribution in [-0.2, 0) is 4.74 Å². The van der Waals surface area contributed by atoms with Crippen LogP contribution in [0.4, 0.5) is 5.82 Å². The average molecular weight is 397 g/mol. The van der Waals surface area contributed by atoms with E-state index in [-0.39, 0.29) is 5.82 Å². The van der Waals surface area contributed by atoms with E-state index >= 15 is 0 Å². The molecule has 0 radical (unpaired) electrons. The highest BCUT2D eigenvalue weighted by Crippen LogP contribution is 2.40. The van der Waals surface area contributed by atoms with Gasteiger partial charge in [-0.2, -0.15) is 0 Å². The van der Waals surface area contributed by atoms with E-state index < -0.39 is 30.6 Å². The number of aromatic nitrogens is 4. The van der Waals surface area contributed by atoms with Crippen LogP contribution < -0.4 is 5.48 Å². The maximum absolute atomic E-state index is 10.8. The molecular weight excluding hydrogens is 378 g/mol. The number of aliphatic hydroxyl groups excluding tert-OH is 2. The smallest absolute Gasteiger partial charge is 0.167 e. The van der Waals surface area contributed by atoms with E-state index in [1.165, 1.54) is 17.8 Å². The summed E-state index contributed by atoms with van der Waals surface area (Å²) in [5.74, 6) is 6.02. The highest BCUT2D eigenvalue weighted by atomic mass is 16.6. The molecule has 0 saturated carbocycles. The maximum Gasteiger partial charge on any atom is 0.167 e. The number of nitrogens with one attached hydrogen (secondary N) is 1. The van der Waals surface area contributed by atoms with Crippen molar-refractivity contribution in [2.75, 3.05) is 12.1 Å². The van der Waals surface area contributed by atoms with Gasteiger partial charge in [0.25, 0.3) is 0 Å². The molecule has 1 aliphatic heterocycles. The summed E-state index contributed by atoms with van der Waals surface area (Å²) in [5.41, 5.74) is 1.63. The zero-order valence-electron chi connectivity index (χ0n) is 15.4. The van der Waals surface area contributed by atoms with Gasteiger partial charge in [-0.3, -0.25) is 10.7 Å². The largest absolute Gasteiger partial charge is 0.394 e. The minimum absolute atomic E-state index is 0.121. The second-order valence-electron chi connectivity index (χ2n) is 6.83. The highest BCUT2D eigenvalue weighted by molar-refractivity contribution is 5.93. The third kappa shape index (κ3) is 3.21. The van der Waals surface area contributed by atoms with Crippen molar-refractivity contribution in [1.29, 1.82) is 0 Å². The first-order valence-electron chi connectivity index (χ1n) is 8.82. The number of hydrogen-bond donors (Lipinski definition) is 5. The third-order valence-electron chi connectivity index (χ3n) is 4.89. The first-order valence-corrected chi connectivity index (χ1v) is 8.82.